The molecule has 6 heteroatoms. The fraction of sp³-hybridized carbons (Fsp3) is 0.154. The first-order chi connectivity index (χ1) is 9.25. The lowest BCUT2D eigenvalue weighted by atomic mass is 10.2. The van der Waals surface area contributed by atoms with E-state index in [9.17, 15) is 4.79 Å². The van der Waals surface area contributed by atoms with E-state index in [1.165, 1.54) is 16.4 Å². The average Bonchev–Trinajstić information content (AvgIpc) is 2.84. The Labute approximate surface area is 113 Å². The van der Waals surface area contributed by atoms with Gasteiger partial charge in [0.1, 0.15) is 0 Å². The van der Waals surface area contributed by atoms with Crippen LogP contribution in [0.2, 0.25) is 0 Å². The summed E-state index contributed by atoms with van der Waals surface area (Å²) in [5.41, 5.74) is -0.0696. The van der Waals surface area contributed by atoms with Crippen molar-refractivity contribution < 1.29 is 0 Å². The molecule has 96 valence electrons. The number of hydrogen-bond acceptors (Lipinski definition) is 4. The molecule has 0 saturated heterocycles. The highest BCUT2D eigenvalue weighted by Crippen LogP contribution is 2.16. The minimum absolute atomic E-state index is 0.0696. The number of imidazole rings is 1. The Morgan fingerprint density at radius 3 is 2.95 bits per heavy atom. The second-order valence-electron chi connectivity index (χ2n) is 4.13. The lowest BCUT2D eigenvalue weighted by Gasteiger charge is -2.05. The third-order valence-corrected chi connectivity index (χ3v) is 3.88. The highest BCUT2D eigenvalue weighted by atomic mass is 32.2. The van der Waals surface area contributed by atoms with Gasteiger partial charge in [-0.25, -0.2) is 9.67 Å². The quantitative estimate of drug-likeness (QED) is 0.683. The summed E-state index contributed by atoms with van der Waals surface area (Å²) in [6, 6.07) is 7.47. The van der Waals surface area contributed by atoms with Gasteiger partial charge in [0.2, 0.25) is 0 Å². The van der Waals surface area contributed by atoms with Crippen LogP contribution in [0.1, 0.15) is 0 Å². The number of hydrogen-bond donors (Lipinski definition) is 0. The Morgan fingerprint density at radius 1 is 1.32 bits per heavy atom. The second kappa shape index (κ2) is 4.89. The van der Waals surface area contributed by atoms with Crippen LogP contribution < -0.4 is 5.56 Å². The maximum absolute atomic E-state index is 12.2. The van der Waals surface area contributed by atoms with Gasteiger partial charge in [0.25, 0.3) is 5.56 Å². The number of aromatic nitrogens is 4. The van der Waals surface area contributed by atoms with E-state index < -0.39 is 0 Å². The molecule has 0 amide bonds. The lowest BCUT2D eigenvalue weighted by molar-refractivity contribution is 0.696. The summed E-state index contributed by atoms with van der Waals surface area (Å²) in [7, 11) is 1.92. The van der Waals surface area contributed by atoms with Crippen LogP contribution in [-0.2, 0) is 12.9 Å². The van der Waals surface area contributed by atoms with Crippen LogP contribution in [0, 0.1) is 0 Å². The molecule has 0 atom stereocenters. The molecule has 0 aliphatic heterocycles. The molecule has 3 rings (SSSR count). The number of benzene rings is 1. The van der Waals surface area contributed by atoms with Crippen LogP contribution in [0.25, 0.3) is 10.8 Å². The molecule has 0 aliphatic rings. The van der Waals surface area contributed by atoms with Crippen LogP contribution in [0.15, 0.2) is 52.8 Å². The Bertz CT molecular complexity index is 777. The van der Waals surface area contributed by atoms with Crippen molar-refractivity contribution in [1.82, 2.24) is 19.3 Å². The van der Waals surface area contributed by atoms with Crippen molar-refractivity contribution in [2.45, 2.75) is 11.0 Å². The normalized spacial score (nSPS) is 11.0. The Morgan fingerprint density at radius 2 is 2.16 bits per heavy atom. The highest BCUT2D eigenvalue weighted by Gasteiger charge is 2.05. The van der Waals surface area contributed by atoms with Gasteiger partial charge in [-0.1, -0.05) is 30.0 Å². The van der Waals surface area contributed by atoms with Gasteiger partial charge in [-0.05, 0) is 6.07 Å². The van der Waals surface area contributed by atoms with Gasteiger partial charge in [-0.2, -0.15) is 5.10 Å². The fourth-order valence-electron chi connectivity index (χ4n) is 1.83. The van der Waals surface area contributed by atoms with Crippen molar-refractivity contribution in [3.05, 3.63) is 53.2 Å². The van der Waals surface area contributed by atoms with Crippen molar-refractivity contribution in [2.75, 3.05) is 0 Å². The van der Waals surface area contributed by atoms with Gasteiger partial charge in [-0.15, -0.1) is 0 Å². The zero-order valence-electron chi connectivity index (χ0n) is 10.4. The number of aryl methyl sites for hydroxylation is 1. The minimum Gasteiger partial charge on any atom is -0.329 e. The van der Waals surface area contributed by atoms with E-state index in [1.807, 2.05) is 42.1 Å². The minimum atomic E-state index is -0.0696. The van der Waals surface area contributed by atoms with Gasteiger partial charge >= 0.3 is 0 Å². The first-order valence-corrected chi connectivity index (χ1v) is 6.79. The molecule has 0 saturated carbocycles. The first kappa shape index (κ1) is 12.0. The fourth-order valence-corrected chi connectivity index (χ4v) is 2.65. The van der Waals surface area contributed by atoms with Gasteiger partial charge in [0.15, 0.2) is 5.16 Å². The molecule has 0 fully saturated rings. The summed E-state index contributed by atoms with van der Waals surface area (Å²) in [4.78, 5) is 16.4. The average molecular weight is 272 g/mol. The van der Waals surface area contributed by atoms with Crippen molar-refractivity contribution >= 4 is 22.5 Å². The zero-order valence-corrected chi connectivity index (χ0v) is 11.2. The van der Waals surface area contributed by atoms with E-state index in [0.717, 1.165) is 10.5 Å². The third-order valence-electron chi connectivity index (χ3n) is 2.85. The molecule has 3 aromatic rings. The van der Waals surface area contributed by atoms with E-state index >= 15 is 0 Å². The Hall–Kier alpha value is -2.08. The maximum Gasteiger partial charge on any atom is 0.275 e. The van der Waals surface area contributed by atoms with Crippen molar-refractivity contribution in [3.63, 3.8) is 0 Å². The monoisotopic (exact) mass is 272 g/mol. The van der Waals surface area contributed by atoms with Gasteiger partial charge in [-0.3, -0.25) is 4.79 Å². The second-order valence-corrected chi connectivity index (χ2v) is 5.04. The van der Waals surface area contributed by atoms with Gasteiger partial charge in [0.05, 0.1) is 17.5 Å². The van der Waals surface area contributed by atoms with Crippen LogP contribution in [0.3, 0.4) is 0 Å². The topological polar surface area (TPSA) is 52.7 Å². The molecule has 0 radical (unpaired) electrons. The summed E-state index contributed by atoms with van der Waals surface area (Å²) in [5, 5.41) is 6.60. The highest BCUT2D eigenvalue weighted by molar-refractivity contribution is 7.98. The maximum atomic E-state index is 12.2. The van der Waals surface area contributed by atoms with E-state index in [2.05, 4.69) is 10.1 Å². The van der Waals surface area contributed by atoms with E-state index in [4.69, 9.17) is 0 Å². The standard InChI is InChI=1S/C13H12N4OS/c1-16-7-6-14-13(16)19-9-17-12(18)11-5-3-2-4-10(11)8-15-17/h2-8H,9H2,1H3. The largest absolute Gasteiger partial charge is 0.329 e. The molecule has 1 aromatic carbocycles. The summed E-state index contributed by atoms with van der Waals surface area (Å²) in [6.45, 7) is 0. The van der Waals surface area contributed by atoms with Crippen LogP contribution in [0.5, 0.6) is 0 Å². The number of nitrogens with zero attached hydrogens (tertiary/aromatic N) is 4. The third kappa shape index (κ3) is 2.26. The van der Waals surface area contributed by atoms with E-state index in [-0.39, 0.29) is 5.56 Å². The van der Waals surface area contributed by atoms with E-state index in [0.29, 0.717) is 11.3 Å². The number of thioether (sulfide) groups is 1. The smallest absolute Gasteiger partial charge is 0.275 e. The van der Waals surface area contributed by atoms with Crippen LogP contribution in [0.4, 0.5) is 0 Å². The molecule has 0 N–H and O–H groups in total. The number of fused-ring (bicyclic) bond motifs is 1. The predicted octanol–water partition coefficient (Wildman–Crippen LogP) is 1.88. The molecule has 0 unspecified atom stereocenters. The van der Waals surface area contributed by atoms with Crippen molar-refractivity contribution in [1.29, 1.82) is 0 Å². The zero-order chi connectivity index (χ0) is 13.2. The predicted molar refractivity (Wildman–Crippen MR) is 75.1 cm³/mol. The molecule has 2 aromatic heterocycles. The molecular weight excluding hydrogens is 260 g/mol. The summed E-state index contributed by atoms with van der Waals surface area (Å²) >= 11 is 1.48. The lowest BCUT2D eigenvalue weighted by Crippen LogP contribution is -2.21. The SMILES string of the molecule is Cn1ccnc1SCn1ncc2ccccc2c1=O. The molecule has 0 bridgehead atoms. The molecule has 0 spiro atoms. The molecular formula is C13H12N4OS. The summed E-state index contributed by atoms with van der Waals surface area (Å²) in [6.07, 6.45) is 5.33. The molecule has 19 heavy (non-hydrogen) atoms. The molecule has 5 nitrogen and oxygen atoms in total. The van der Waals surface area contributed by atoms with Gasteiger partial charge in [0, 0.05) is 24.8 Å². The molecule has 0 aliphatic carbocycles. The first-order valence-electron chi connectivity index (χ1n) is 5.81. The number of rotatable bonds is 3. The van der Waals surface area contributed by atoms with Gasteiger partial charge < -0.3 is 4.57 Å². The van der Waals surface area contributed by atoms with Crippen LogP contribution >= 0.6 is 11.8 Å². The van der Waals surface area contributed by atoms with Crippen molar-refractivity contribution in [2.24, 2.45) is 7.05 Å². The van der Waals surface area contributed by atoms with E-state index in [1.54, 1.807) is 12.4 Å². The molecule has 2 heterocycles. The Balaban J connectivity index is 1.92. The summed E-state index contributed by atoms with van der Waals surface area (Å²) in [5.74, 6) is 0.453. The van der Waals surface area contributed by atoms with Crippen LogP contribution in [-0.4, -0.2) is 19.3 Å². The van der Waals surface area contributed by atoms with Crippen molar-refractivity contribution in [3.8, 4) is 0 Å². The summed E-state index contributed by atoms with van der Waals surface area (Å²) < 4.78 is 3.37. The Kier molecular flexibility index (Phi) is 3.08.